The summed E-state index contributed by atoms with van der Waals surface area (Å²) in [4.78, 5) is 15.8. The zero-order chi connectivity index (χ0) is 25.3. The number of aromatic hydroxyl groups is 1. The lowest BCUT2D eigenvalue weighted by Gasteiger charge is -2.28. The fourth-order valence-corrected chi connectivity index (χ4v) is 6.17. The molecule has 1 fully saturated rings. The SMILES string of the molecule is CCCC1CN(CC(=O)c2cc(C(C)(C)C)c(O)c(C(C)(C)C)c2)C(=NBr)C1Cc1ccsc1. The summed E-state index contributed by atoms with van der Waals surface area (Å²) < 4.78 is 4.50. The van der Waals surface area contributed by atoms with E-state index in [2.05, 4.69) is 90.4 Å². The van der Waals surface area contributed by atoms with Gasteiger partial charge in [0.2, 0.25) is 0 Å². The Labute approximate surface area is 217 Å². The van der Waals surface area contributed by atoms with Crippen LogP contribution < -0.4 is 0 Å². The fourth-order valence-electron chi connectivity index (χ4n) is 5.00. The van der Waals surface area contributed by atoms with E-state index < -0.39 is 0 Å². The van der Waals surface area contributed by atoms with Crippen LogP contribution >= 0.6 is 27.5 Å². The predicted molar refractivity (Wildman–Crippen MR) is 148 cm³/mol. The first-order chi connectivity index (χ1) is 15.9. The Morgan fingerprint density at radius 2 is 1.79 bits per heavy atom. The van der Waals surface area contributed by atoms with Crippen molar-refractivity contribution in [2.24, 2.45) is 15.9 Å². The van der Waals surface area contributed by atoms with Crippen LogP contribution in [0, 0.1) is 11.8 Å². The van der Waals surface area contributed by atoms with Crippen molar-refractivity contribution in [3.05, 3.63) is 51.2 Å². The van der Waals surface area contributed by atoms with Crippen molar-refractivity contribution in [1.29, 1.82) is 0 Å². The molecule has 1 aromatic heterocycles. The molecular weight excluding hydrogens is 508 g/mol. The number of phenols is 1. The van der Waals surface area contributed by atoms with Gasteiger partial charge >= 0.3 is 0 Å². The monoisotopic (exact) mass is 546 g/mol. The molecule has 2 aromatic rings. The first kappa shape index (κ1) is 26.9. The summed E-state index contributed by atoms with van der Waals surface area (Å²) in [5.41, 5.74) is 3.09. The summed E-state index contributed by atoms with van der Waals surface area (Å²) in [7, 11) is 0. The minimum absolute atomic E-state index is 0.0658. The Kier molecular flexibility index (Phi) is 8.34. The van der Waals surface area contributed by atoms with Crippen LogP contribution in [-0.4, -0.2) is 34.7 Å². The highest BCUT2D eigenvalue weighted by molar-refractivity contribution is 9.08. The normalized spacial score (nSPS) is 20.4. The first-order valence-electron chi connectivity index (χ1n) is 12.2. The predicted octanol–water partition coefficient (Wildman–Crippen LogP) is 7.53. The molecule has 6 heteroatoms. The minimum atomic E-state index is -0.269. The highest BCUT2D eigenvalue weighted by atomic mass is 79.9. The first-order valence-corrected chi connectivity index (χ1v) is 13.9. The maximum absolute atomic E-state index is 13.6. The molecule has 2 heterocycles. The van der Waals surface area contributed by atoms with E-state index in [4.69, 9.17) is 0 Å². The van der Waals surface area contributed by atoms with E-state index in [0.29, 0.717) is 29.7 Å². The lowest BCUT2D eigenvalue weighted by molar-refractivity contribution is 0.0963. The number of halogens is 1. The lowest BCUT2D eigenvalue weighted by Crippen LogP contribution is -2.33. The summed E-state index contributed by atoms with van der Waals surface area (Å²) in [6.07, 6.45) is 3.18. The second kappa shape index (κ2) is 10.5. The molecule has 0 saturated carbocycles. The van der Waals surface area contributed by atoms with Gasteiger partial charge in [-0.05, 0) is 64.1 Å². The number of hydrogen-bond donors (Lipinski definition) is 1. The molecule has 0 bridgehead atoms. The number of carbonyl (C=O) groups is 1. The molecular formula is C28H39BrN2O2S. The number of hydrogen-bond acceptors (Lipinski definition) is 4. The topological polar surface area (TPSA) is 52.9 Å². The summed E-state index contributed by atoms with van der Waals surface area (Å²) >= 11 is 5.10. The van der Waals surface area contributed by atoms with Crippen LogP contribution in [0.1, 0.15) is 88.4 Å². The Bertz CT molecular complexity index is 997. The van der Waals surface area contributed by atoms with Gasteiger partial charge in [0.05, 0.1) is 22.7 Å². The summed E-state index contributed by atoms with van der Waals surface area (Å²) in [6.45, 7) is 15.8. The number of rotatable bonds is 7. The van der Waals surface area contributed by atoms with Crippen LogP contribution in [0.3, 0.4) is 0 Å². The smallest absolute Gasteiger partial charge is 0.182 e. The molecule has 2 atom stereocenters. The van der Waals surface area contributed by atoms with Gasteiger partial charge in [-0.15, -0.1) is 0 Å². The largest absolute Gasteiger partial charge is 0.507 e. The van der Waals surface area contributed by atoms with E-state index in [0.717, 1.165) is 42.8 Å². The number of phenolic OH excluding ortho intramolecular Hbond substituents is 1. The van der Waals surface area contributed by atoms with Gasteiger partial charge in [-0.1, -0.05) is 54.9 Å². The Balaban J connectivity index is 1.92. The van der Waals surface area contributed by atoms with Crippen LogP contribution in [0.4, 0.5) is 0 Å². The number of likely N-dealkylation sites (tertiary alicyclic amines) is 1. The van der Waals surface area contributed by atoms with E-state index in [9.17, 15) is 9.90 Å². The molecule has 1 N–H and O–H groups in total. The maximum Gasteiger partial charge on any atom is 0.182 e. The van der Waals surface area contributed by atoms with Gasteiger partial charge in [0.1, 0.15) is 11.6 Å². The summed E-state index contributed by atoms with van der Waals surface area (Å²) in [5.74, 6) is 2.13. The summed E-state index contributed by atoms with van der Waals surface area (Å²) in [5, 5.41) is 15.4. The third-order valence-corrected chi connectivity index (χ3v) is 7.94. The number of nitrogens with zero attached hydrogens (tertiary/aromatic N) is 2. The van der Waals surface area contributed by atoms with Crippen molar-refractivity contribution in [2.45, 2.75) is 78.6 Å². The average molecular weight is 548 g/mol. The second-order valence-corrected chi connectivity index (χ2v) is 12.8. The molecule has 1 aromatic carbocycles. The standard InChI is InChI=1S/C28H39BrN2O2S/c1-8-9-19-15-31(26(30-29)21(19)12-18-10-11-34-17-18)16-24(32)20-13-22(27(2,3)4)25(33)23(14-20)28(5,6)7/h10-11,13-14,17,19,21,33H,8-9,12,15-16H2,1-7H3. The summed E-state index contributed by atoms with van der Waals surface area (Å²) in [6, 6.07) is 5.96. The third-order valence-electron chi connectivity index (χ3n) is 6.84. The van der Waals surface area contributed by atoms with Crippen LogP contribution in [-0.2, 0) is 17.3 Å². The van der Waals surface area contributed by atoms with Crippen molar-refractivity contribution >= 4 is 39.1 Å². The number of carbonyl (C=O) groups excluding carboxylic acids is 1. The molecule has 0 amide bonds. The zero-order valence-corrected chi connectivity index (χ0v) is 24.0. The number of Topliss-reactive ketones (excluding diaryl/α,β-unsaturated/α-hetero) is 1. The molecule has 0 spiro atoms. The van der Waals surface area contributed by atoms with Crippen molar-refractivity contribution in [1.82, 2.24) is 4.90 Å². The Hall–Kier alpha value is -1.66. The third kappa shape index (κ3) is 5.93. The van der Waals surface area contributed by atoms with Gasteiger partial charge in [0.15, 0.2) is 5.78 Å². The molecule has 3 rings (SSSR count). The number of benzene rings is 1. The average Bonchev–Trinajstić information content (AvgIpc) is 3.35. The quantitative estimate of drug-likeness (QED) is 0.365. The van der Waals surface area contributed by atoms with Gasteiger partial charge < -0.3 is 10.0 Å². The zero-order valence-electron chi connectivity index (χ0n) is 21.6. The highest BCUT2D eigenvalue weighted by Crippen LogP contribution is 2.40. The molecule has 2 unspecified atom stereocenters. The highest BCUT2D eigenvalue weighted by Gasteiger charge is 2.39. The molecule has 1 saturated heterocycles. The fraction of sp³-hybridized carbons (Fsp3) is 0.571. The molecule has 34 heavy (non-hydrogen) atoms. The van der Waals surface area contributed by atoms with E-state index in [1.54, 1.807) is 11.3 Å². The Morgan fingerprint density at radius 1 is 1.18 bits per heavy atom. The maximum atomic E-state index is 13.6. The van der Waals surface area contributed by atoms with E-state index in [1.807, 2.05) is 12.1 Å². The van der Waals surface area contributed by atoms with Gasteiger partial charge in [-0.3, -0.25) is 4.79 Å². The van der Waals surface area contributed by atoms with E-state index in [-0.39, 0.29) is 16.6 Å². The second-order valence-electron chi connectivity index (χ2n) is 11.7. The van der Waals surface area contributed by atoms with Crippen molar-refractivity contribution in [3.8, 4) is 5.75 Å². The van der Waals surface area contributed by atoms with Crippen molar-refractivity contribution < 1.29 is 9.90 Å². The molecule has 0 aliphatic carbocycles. The number of ketones is 1. The number of thiophene rings is 1. The molecule has 4 nitrogen and oxygen atoms in total. The number of amidine groups is 1. The van der Waals surface area contributed by atoms with Crippen LogP contribution in [0.2, 0.25) is 0 Å². The van der Waals surface area contributed by atoms with Gasteiger partial charge in [-0.2, -0.15) is 15.4 Å². The van der Waals surface area contributed by atoms with Crippen LogP contribution in [0.5, 0.6) is 5.75 Å². The van der Waals surface area contributed by atoms with E-state index >= 15 is 0 Å². The van der Waals surface area contributed by atoms with Gasteiger partial charge in [0, 0.05) is 29.2 Å². The minimum Gasteiger partial charge on any atom is -0.507 e. The molecule has 0 radical (unpaired) electrons. The van der Waals surface area contributed by atoms with Gasteiger partial charge in [0.25, 0.3) is 0 Å². The lowest BCUT2D eigenvalue weighted by atomic mass is 9.78. The van der Waals surface area contributed by atoms with Gasteiger partial charge in [-0.25, -0.2) is 0 Å². The van der Waals surface area contributed by atoms with Crippen LogP contribution in [0.25, 0.3) is 0 Å². The molecule has 186 valence electrons. The van der Waals surface area contributed by atoms with Crippen molar-refractivity contribution in [2.75, 3.05) is 13.1 Å². The Morgan fingerprint density at radius 3 is 2.26 bits per heavy atom. The van der Waals surface area contributed by atoms with E-state index in [1.165, 1.54) is 5.56 Å². The van der Waals surface area contributed by atoms with Crippen LogP contribution in [0.15, 0.2) is 33.0 Å². The van der Waals surface area contributed by atoms with Crippen molar-refractivity contribution in [3.63, 3.8) is 0 Å². The molecule has 1 aliphatic heterocycles. The molecule has 1 aliphatic rings.